The summed E-state index contributed by atoms with van der Waals surface area (Å²) in [6.45, 7) is 0.805. The Morgan fingerprint density at radius 2 is 1.79 bits per heavy atom. The summed E-state index contributed by atoms with van der Waals surface area (Å²) >= 11 is 11.0. The number of rotatable bonds is 3. The molecular weight excluding hydrogens is 342 g/mol. The van der Waals surface area contributed by atoms with E-state index in [4.69, 9.17) is 11.6 Å². The molecule has 0 saturated heterocycles. The Hall–Kier alpha value is -1.03. The van der Waals surface area contributed by atoms with E-state index in [1.165, 1.54) is 15.6 Å². The van der Waals surface area contributed by atoms with Crippen LogP contribution < -0.4 is 5.32 Å². The third kappa shape index (κ3) is 3.11. The second-order valence-electron chi connectivity index (χ2n) is 4.27. The first-order chi connectivity index (χ1) is 9.20. The van der Waals surface area contributed by atoms with Crippen LogP contribution in [0.3, 0.4) is 0 Å². The molecule has 0 amide bonds. The first-order valence-corrected chi connectivity index (χ1v) is 7.87. The van der Waals surface area contributed by atoms with Crippen molar-refractivity contribution >= 4 is 55.3 Å². The topological polar surface area (TPSA) is 12.0 Å². The Bertz CT molecular complexity index is 723. The van der Waals surface area contributed by atoms with Crippen molar-refractivity contribution in [3.05, 3.63) is 62.2 Å². The van der Waals surface area contributed by atoms with Crippen LogP contribution in [-0.4, -0.2) is 0 Å². The van der Waals surface area contributed by atoms with Crippen LogP contribution >= 0.6 is 38.9 Å². The molecule has 96 valence electrons. The van der Waals surface area contributed by atoms with Crippen LogP contribution in [0.5, 0.6) is 0 Å². The zero-order valence-corrected chi connectivity index (χ0v) is 13.1. The third-order valence-electron chi connectivity index (χ3n) is 2.90. The van der Waals surface area contributed by atoms with Gasteiger partial charge in [0.15, 0.2) is 0 Å². The second-order valence-corrected chi connectivity index (χ2v) is 6.98. The van der Waals surface area contributed by atoms with Crippen molar-refractivity contribution in [2.75, 3.05) is 5.32 Å². The van der Waals surface area contributed by atoms with E-state index < -0.39 is 0 Å². The molecule has 3 aromatic rings. The summed E-state index contributed by atoms with van der Waals surface area (Å²) in [6.07, 6.45) is 0. The number of benzene rings is 2. The highest BCUT2D eigenvalue weighted by Crippen LogP contribution is 2.25. The van der Waals surface area contributed by atoms with Crippen molar-refractivity contribution in [1.82, 2.24) is 0 Å². The number of hydrogen-bond acceptors (Lipinski definition) is 2. The summed E-state index contributed by atoms with van der Waals surface area (Å²) in [6, 6.07) is 16.7. The fourth-order valence-electron chi connectivity index (χ4n) is 1.96. The zero-order chi connectivity index (χ0) is 13.2. The van der Waals surface area contributed by atoms with Gasteiger partial charge in [-0.15, -0.1) is 11.3 Å². The SMILES string of the molecule is Clc1ccc(CNc2ccc3cc(Br)ccc3c2)s1. The normalized spacial score (nSPS) is 10.8. The predicted octanol–water partition coefficient (Wildman–Crippen LogP) is 5.93. The van der Waals surface area contributed by atoms with Gasteiger partial charge in [0, 0.05) is 21.6 Å². The summed E-state index contributed by atoms with van der Waals surface area (Å²) < 4.78 is 1.94. The average molecular weight is 353 g/mol. The van der Waals surface area contributed by atoms with Gasteiger partial charge in [-0.1, -0.05) is 39.7 Å². The molecule has 0 saturated carbocycles. The first kappa shape index (κ1) is 13.0. The van der Waals surface area contributed by atoms with E-state index in [1.807, 2.05) is 6.07 Å². The van der Waals surface area contributed by atoms with Gasteiger partial charge in [0.2, 0.25) is 0 Å². The second kappa shape index (κ2) is 5.53. The van der Waals surface area contributed by atoms with Crippen molar-refractivity contribution in [1.29, 1.82) is 0 Å². The lowest BCUT2D eigenvalue weighted by Crippen LogP contribution is -1.96. The van der Waals surface area contributed by atoms with Gasteiger partial charge in [0.05, 0.1) is 4.34 Å². The van der Waals surface area contributed by atoms with Gasteiger partial charge in [0.1, 0.15) is 0 Å². The molecule has 0 unspecified atom stereocenters. The number of thiophene rings is 1. The van der Waals surface area contributed by atoms with Crippen molar-refractivity contribution < 1.29 is 0 Å². The molecule has 0 aliphatic carbocycles. The molecular formula is C15H11BrClNS. The average Bonchev–Trinajstić information content (AvgIpc) is 2.82. The highest BCUT2D eigenvalue weighted by Gasteiger charge is 2.00. The highest BCUT2D eigenvalue weighted by molar-refractivity contribution is 9.10. The van der Waals surface area contributed by atoms with Crippen molar-refractivity contribution in [3.63, 3.8) is 0 Å². The van der Waals surface area contributed by atoms with Crippen LogP contribution in [0.2, 0.25) is 4.34 Å². The van der Waals surface area contributed by atoms with E-state index >= 15 is 0 Å². The van der Waals surface area contributed by atoms with Crippen LogP contribution in [0.1, 0.15) is 4.88 Å². The van der Waals surface area contributed by atoms with Crippen molar-refractivity contribution in [3.8, 4) is 0 Å². The number of hydrogen-bond donors (Lipinski definition) is 1. The summed E-state index contributed by atoms with van der Waals surface area (Å²) in [7, 11) is 0. The van der Waals surface area contributed by atoms with Gasteiger partial charge in [0.25, 0.3) is 0 Å². The summed E-state index contributed by atoms with van der Waals surface area (Å²) in [5.74, 6) is 0. The smallest absolute Gasteiger partial charge is 0.0931 e. The molecule has 1 heterocycles. The Labute approximate surface area is 129 Å². The standard InChI is InChI=1S/C15H11BrClNS/c16-12-3-1-11-8-13(4-2-10(11)7-12)18-9-14-5-6-15(17)19-14/h1-8,18H,9H2. The minimum Gasteiger partial charge on any atom is -0.380 e. The maximum Gasteiger partial charge on any atom is 0.0931 e. The summed E-state index contributed by atoms with van der Waals surface area (Å²) in [5.41, 5.74) is 1.12. The number of halogens is 2. The van der Waals surface area contributed by atoms with Gasteiger partial charge in [-0.25, -0.2) is 0 Å². The Balaban J connectivity index is 1.79. The molecule has 0 aliphatic rings. The largest absolute Gasteiger partial charge is 0.380 e. The molecule has 1 aromatic heterocycles. The van der Waals surface area contributed by atoms with Crippen LogP contribution in [0.4, 0.5) is 5.69 Å². The monoisotopic (exact) mass is 351 g/mol. The molecule has 1 N–H and O–H groups in total. The zero-order valence-electron chi connectivity index (χ0n) is 9.99. The van der Waals surface area contributed by atoms with E-state index in [0.29, 0.717) is 0 Å². The third-order valence-corrected chi connectivity index (χ3v) is 4.62. The Morgan fingerprint density at radius 1 is 1.00 bits per heavy atom. The molecule has 0 bridgehead atoms. The van der Waals surface area contributed by atoms with E-state index in [-0.39, 0.29) is 0 Å². The maximum atomic E-state index is 5.92. The highest BCUT2D eigenvalue weighted by atomic mass is 79.9. The fraction of sp³-hybridized carbons (Fsp3) is 0.0667. The lowest BCUT2D eigenvalue weighted by molar-refractivity contribution is 1.20. The Kier molecular flexibility index (Phi) is 3.78. The lowest BCUT2D eigenvalue weighted by atomic mass is 10.1. The van der Waals surface area contributed by atoms with E-state index in [0.717, 1.165) is 21.0 Å². The van der Waals surface area contributed by atoms with Crippen molar-refractivity contribution in [2.24, 2.45) is 0 Å². The molecule has 4 heteroatoms. The molecule has 2 aromatic carbocycles. The first-order valence-electron chi connectivity index (χ1n) is 5.88. The van der Waals surface area contributed by atoms with Gasteiger partial charge in [-0.2, -0.15) is 0 Å². The minimum absolute atomic E-state index is 0.805. The lowest BCUT2D eigenvalue weighted by Gasteiger charge is -2.06. The van der Waals surface area contributed by atoms with Crippen LogP contribution in [0, 0.1) is 0 Å². The van der Waals surface area contributed by atoms with Crippen LogP contribution in [-0.2, 0) is 6.54 Å². The van der Waals surface area contributed by atoms with Crippen molar-refractivity contribution in [2.45, 2.75) is 6.54 Å². The van der Waals surface area contributed by atoms with Crippen LogP contribution in [0.15, 0.2) is 53.0 Å². The van der Waals surface area contributed by atoms with E-state index in [9.17, 15) is 0 Å². The Morgan fingerprint density at radius 3 is 2.58 bits per heavy atom. The number of fused-ring (bicyclic) bond motifs is 1. The van der Waals surface area contributed by atoms with E-state index in [2.05, 4.69) is 63.7 Å². The molecule has 0 fully saturated rings. The summed E-state index contributed by atoms with van der Waals surface area (Å²) in [5, 5.41) is 5.89. The van der Waals surface area contributed by atoms with Gasteiger partial charge in [-0.05, 0) is 47.2 Å². The molecule has 0 radical (unpaired) electrons. The van der Waals surface area contributed by atoms with Crippen LogP contribution in [0.25, 0.3) is 10.8 Å². The van der Waals surface area contributed by atoms with E-state index in [1.54, 1.807) is 11.3 Å². The van der Waals surface area contributed by atoms with Gasteiger partial charge < -0.3 is 5.32 Å². The molecule has 0 aliphatic heterocycles. The number of nitrogens with one attached hydrogen (secondary N) is 1. The predicted molar refractivity (Wildman–Crippen MR) is 88.3 cm³/mol. The maximum absolute atomic E-state index is 5.92. The molecule has 1 nitrogen and oxygen atoms in total. The molecule has 0 spiro atoms. The minimum atomic E-state index is 0.805. The number of anilines is 1. The van der Waals surface area contributed by atoms with Gasteiger partial charge in [-0.3, -0.25) is 0 Å². The quantitative estimate of drug-likeness (QED) is 0.616. The summed E-state index contributed by atoms with van der Waals surface area (Å²) in [4.78, 5) is 1.24. The van der Waals surface area contributed by atoms with Gasteiger partial charge >= 0.3 is 0 Å². The fourth-order valence-corrected chi connectivity index (χ4v) is 3.37. The molecule has 3 rings (SSSR count). The molecule has 0 atom stereocenters. The molecule has 19 heavy (non-hydrogen) atoms.